The third kappa shape index (κ3) is 2.97. The second-order valence-electron chi connectivity index (χ2n) is 6.57. The number of carbonyl (C=O) groups is 1. The van der Waals surface area contributed by atoms with E-state index in [4.69, 9.17) is 0 Å². The average Bonchev–Trinajstić information content (AvgIpc) is 2.40. The molecule has 2 heterocycles. The Bertz CT molecular complexity index is 693. The van der Waals surface area contributed by atoms with Gasteiger partial charge >= 0.3 is 0 Å². The van der Waals surface area contributed by atoms with Crippen molar-refractivity contribution < 1.29 is 13.2 Å². The summed E-state index contributed by atoms with van der Waals surface area (Å²) in [6.45, 7) is 4.55. The van der Waals surface area contributed by atoms with Crippen LogP contribution in [0.1, 0.15) is 37.8 Å². The molecule has 0 atom stereocenters. The molecule has 1 amide bonds. The fourth-order valence-electron chi connectivity index (χ4n) is 3.37. The summed E-state index contributed by atoms with van der Waals surface area (Å²) in [5.41, 5.74) is 3.82. The van der Waals surface area contributed by atoms with E-state index < -0.39 is 10.0 Å². The van der Waals surface area contributed by atoms with Crippen LogP contribution >= 0.6 is 0 Å². The Kier molecular flexibility index (Phi) is 3.89. The van der Waals surface area contributed by atoms with Crippen molar-refractivity contribution in [1.29, 1.82) is 0 Å². The lowest BCUT2D eigenvalue weighted by Crippen LogP contribution is -2.39. The zero-order valence-corrected chi connectivity index (χ0v) is 13.9. The molecule has 1 N–H and O–H groups in total. The molecule has 3 rings (SSSR count). The van der Waals surface area contributed by atoms with Crippen LogP contribution in [0.2, 0.25) is 0 Å². The Labute approximate surface area is 131 Å². The largest absolute Gasteiger partial charge is 0.312 e. The fourth-order valence-corrected chi connectivity index (χ4v) is 4.81. The van der Waals surface area contributed by atoms with E-state index >= 15 is 0 Å². The minimum absolute atomic E-state index is 0.0848. The van der Waals surface area contributed by atoms with Crippen molar-refractivity contribution in [3.8, 4) is 0 Å². The number of carbonyl (C=O) groups excluding carboxylic acids is 1. The quantitative estimate of drug-likeness (QED) is 0.925. The SMILES string of the molecule is CC(C)CS(=O)(=O)Nc1cc2c3c(c1)CCC(=O)N3CCC2. The molecule has 0 saturated carbocycles. The highest BCUT2D eigenvalue weighted by atomic mass is 32.2. The van der Waals surface area contributed by atoms with Crippen molar-refractivity contribution >= 4 is 27.3 Å². The number of hydrogen-bond donors (Lipinski definition) is 1. The van der Waals surface area contributed by atoms with Gasteiger partial charge in [0, 0.05) is 18.7 Å². The number of nitrogens with one attached hydrogen (secondary N) is 1. The number of anilines is 2. The lowest BCUT2D eigenvalue weighted by Gasteiger charge is -2.35. The molecule has 1 aromatic carbocycles. The van der Waals surface area contributed by atoms with Gasteiger partial charge in [0.1, 0.15) is 0 Å². The molecule has 22 heavy (non-hydrogen) atoms. The summed E-state index contributed by atoms with van der Waals surface area (Å²) in [5.74, 6) is 0.382. The number of amides is 1. The summed E-state index contributed by atoms with van der Waals surface area (Å²) < 4.78 is 27.0. The molecule has 120 valence electrons. The van der Waals surface area contributed by atoms with Crippen LogP contribution in [0.3, 0.4) is 0 Å². The third-order valence-electron chi connectivity index (χ3n) is 4.10. The minimum Gasteiger partial charge on any atom is -0.312 e. The highest BCUT2D eigenvalue weighted by molar-refractivity contribution is 7.92. The monoisotopic (exact) mass is 322 g/mol. The van der Waals surface area contributed by atoms with E-state index in [9.17, 15) is 13.2 Å². The summed E-state index contributed by atoms with van der Waals surface area (Å²) in [4.78, 5) is 13.9. The smallest absolute Gasteiger partial charge is 0.232 e. The summed E-state index contributed by atoms with van der Waals surface area (Å²) in [6.07, 6.45) is 3.03. The van der Waals surface area contributed by atoms with Crippen molar-refractivity contribution in [2.45, 2.75) is 39.5 Å². The summed E-state index contributed by atoms with van der Waals surface area (Å²) in [7, 11) is -3.32. The molecule has 0 fully saturated rings. The molecule has 0 spiro atoms. The first-order valence-electron chi connectivity index (χ1n) is 7.82. The third-order valence-corrected chi connectivity index (χ3v) is 5.75. The van der Waals surface area contributed by atoms with Gasteiger partial charge in [-0.3, -0.25) is 9.52 Å². The van der Waals surface area contributed by atoms with Crippen molar-refractivity contribution in [2.24, 2.45) is 5.92 Å². The van der Waals surface area contributed by atoms with Gasteiger partial charge in [-0.1, -0.05) is 13.8 Å². The average molecular weight is 322 g/mol. The van der Waals surface area contributed by atoms with Gasteiger partial charge in [0.15, 0.2) is 0 Å². The van der Waals surface area contributed by atoms with Crippen molar-refractivity contribution in [3.63, 3.8) is 0 Å². The van der Waals surface area contributed by atoms with E-state index in [0.29, 0.717) is 18.5 Å². The van der Waals surface area contributed by atoms with Gasteiger partial charge in [-0.25, -0.2) is 8.42 Å². The van der Waals surface area contributed by atoms with Crippen LogP contribution in [-0.2, 0) is 27.7 Å². The van der Waals surface area contributed by atoms with Gasteiger partial charge in [-0.2, -0.15) is 0 Å². The first-order valence-corrected chi connectivity index (χ1v) is 9.47. The minimum atomic E-state index is -3.32. The molecule has 2 aliphatic heterocycles. The Balaban J connectivity index is 1.95. The number of hydrogen-bond acceptors (Lipinski definition) is 3. The van der Waals surface area contributed by atoms with E-state index in [-0.39, 0.29) is 17.6 Å². The summed E-state index contributed by atoms with van der Waals surface area (Å²) in [6, 6.07) is 3.78. The lowest BCUT2D eigenvalue weighted by molar-refractivity contribution is -0.119. The topological polar surface area (TPSA) is 66.5 Å². The molecule has 0 aliphatic carbocycles. The standard InChI is InChI=1S/C16H22N2O3S/c1-11(2)10-22(20,21)17-14-8-12-4-3-7-18-15(19)6-5-13(9-14)16(12)18/h8-9,11,17H,3-7,10H2,1-2H3. The highest BCUT2D eigenvalue weighted by Gasteiger charge is 2.30. The van der Waals surface area contributed by atoms with Gasteiger partial charge in [0.2, 0.25) is 15.9 Å². The second-order valence-corrected chi connectivity index (χ2v) is 8.34. The van der Waals surface area contributed by atoms with Crippen LogP contribution in [0.25, 0.3) is 0 Å². The summed E-state index contributed by atoms with van der Waals surface area (Å²) >= 11 is 0. The molecule has 0 unspecified atom stereocenters. The lowest BCUT2D eigenvalue weighted by atomic mass is 9.91. The second kappa shape index (κ2) is 5.57. The molecule has 6 heteroatoms. The van der Waals surface area contributed by atoms with Crippen molar-refractivity contribution in [1.82, 2.24) is 0 Å². The maximum Gasteiger partial charge on any atom is 0.232 e. The number of rotatable bonds is 4. The summed E-state index contributed by atoms with van der Waals surface area (Å²) in [5, 5.41) is 0. The molecular formula is C16H22N2O3S. The molecule has 0 bridgehead atoms. The van der Waals surface area contributed by atoms with Crippen LogP contribution in [0.5, 0.6) is 0 Å². The molecular weight excluding hydrogens is 300 g/mol. The van der Waals surface area contributed by atoms with E-state index in [1.165, 1.54) is 0 Å². The van der Waals surface area contributed by atoms with Crippen LogP contribution < -0.4 is 9.62 Å². The van der Waals surface area contributed by atoms with Gasteiger partial charge in [0.25, 0.3) is 0 Å². The molecule has 0 aromatic heterocycles. The van der Waals surface area contributed by atoms with Gasteiger partial charge in [-0.05, 0) is 48.4 Å². The van der Waals surface area contributed by atoms with Crippen LogP contribution in [-0.4, -0.2) is 26.6 Å². The zero-order chi connectivity index (χ0) is 15.9. The number of sulfonamides is 1. The number of benzene rings is 1. The molecule has 1 aromatic rings. The maximum atomic E-state index is 12.1. The van der Waals surface area contributed by atoms with Crippen molar-refractivity contribution in [2.75, 3.05) is 21.9 Å². The molecule has 5 nitrogen and oxygen atoms in total. The Hall–Kier alpha value is -1.56. The highest BCUT2D eigenvalue weighted by Crippen LogP contribution is 2.38. The van der Waals surface area contributed by atoms with Gasteiger partial charge < -0.3 is 4.90 Å². The van der Waals surface area contributed by atoms with Crippen LogP contribution in [0, 0.1) is 5.92 Å². The fraction of sp³-hybridized carbons (Fsp3) is 0.562. The van der Waals surface area contributed by atoms with E-state index in [2.05, 4.69) is 4.72 Å². The van der Waals surface area contributed by atoms with Crippen molar-refractivity contribution in [3.05, 3.63) is 23.3 Å². The maximum absolute atomic E-state index is 12.1. The Morgan fingerprint density at radius 2 is 1.86 bits per heavy atom. The number of aryl methyl sites for hydroxylation is 2. The first-order chi connectivity index (χ1) is 10.4. The first kappa shape index (κ1) is 15.3. The van der Waals surface area contributed by atoms with E-state index in [0.717, 1.165) is 36.2 Å². The predicted octanol–water partition coefficient (Wildman–Crippen LogP) is 2.31. The van der Waals surface area contributed by atoms with Gasteiger partial charge in [0.05, 0.1) is 11.4 Å². The van der Waals surface area contributed by atoms with E-state index in [1.807, 2.05) is 30.9 Å². The Morgan fingerprint density at radius 3 is 2.55 bits per heavy atom. The predicted molar refractivity (Wildman–Crippen MR) is 87.7 cm³/mol. The van der Waals surface area contributed by atoms with Crippen LogP contribution in [0.4, 0.5) is 11.4 Å². The number of nitrogens with zero attached hydrogens (tertiary/aromatic N) is 1. The molecule has 2 aliphatic rings. The molecule has 0 saturated heterocycles. The Morgan fingerprint density at radius 1 is 1.18 bits per heavy atom. The van der Waals surface area contributed by atoms with Gasteiger partial charge in [-0.15, -0.1) is 0 Å². The normalized spacial score (nSPS) is 17.6. The van der Waals surface area contributed by atoms with Crippen LogP contribution in [0.15, 0.2) is 12.1 Å². The zero-order valence-electron chi connectivity index (χ0n) is 13.1. The molecule has 0 radical (unpaired) electrons. The van der Waals surface area contributed by atoms with E-state index in [1.54, 1.807) is 0 Å².